The molecule has 0 aliphatic heterocycles. The number of hydrogen-bond donors (Lipinski definition) is 3. The topological polar surface area (TPSA) is 144 Å². The van der Waals surface area contributed by atoms with Crippen LogP contribution in [0.15, 0.2) is 23.1 Å². The van der Waals surface area contributed by atoms with Crippen LogP contribution in [0, 0.1) is 10.1 Å². The Labute approximate surface area is 121 Å². The van der Waals surface area contributed by atoms with E-state index < -0.39 is 26.9 Å². The lowest BCUT2D eigenvalue weighted by molar-refractivity contribution is -0.384. The lowest BCUT2D eigenvalue weighted by Crippen LogP contribution is -2.35. The van der Waals surface area contributed by atoms with Crippen LogP contribution in [0.5, 0.6) is 0 Å². The van der Waals surface area contributed by atoms with Gasteiger partial charge in [0.05, 0.1) is 9.82 Å². The molecule has 1 rings (SSSR count). The molecule has 10 heteroatoms. The van der Waals surface area contributed by atoms with Gasteiger partial charge < -0.3 is 11.1 Å². The predicted molar refractivity (Wildman–Crippen MR) is 76.2 cm³/mol. The molecule has 0 aliphatic rings. The Kier molecular flexibility index (Phi) is 5.22. The molecular formula is C11H16N4O5S. The molecule has 9 nitrogen and oxygen atoms in total. The highest BCUT2D eigenvalue weighted by atomic mass is 32.2. The highest BCUT2D eigenvalue weighted by Gasteiger charge is 2.22. The molecule has 0 aromatic heterocycles. The normalized spacial score (nSPS) is 12.7. The summed E-state index contributed by atoms with van der Waals surface area (Å²) in [6.07, 6.45) is -0.148. The number of hydrogen-bond acceptors (Lipinski definition) is 6. The minimum absolute atomic E-state index is 0.0745. The quantitative estimate of drug-likeness (QED) is 0.483. The average molecular weight is 316 g/mol. The van der Waals surface area contributed by atoms with E-state index in [-0.39, 0.29) is 22.7 Å². The van der Waals surface area contributed by atoms with Crippen molar-refractivity contribution in [2.45, 2.75) is 24.3 Å². The van der Waals surface area contributed by atoms with Crippen molar-refractivity contribution in [2.75, 3.05) is 12.4 Å². The van der Waals surface area contributed by atoms with E-state index in [1.165, 1.54) is 14.0 Å². The van der Waals surface area contributed by atoms with Gasteiger partial charge in [-0.3, -0.25) is 14.9 Å². The molecule has 1 aromatic carbocycles. The number of carbonyl (C=O) groups excluding carboxylic acids is 1. The summed E-state index contributed by atoms with van der Waals surface area (Å²) in [5.41, 5.74) is 4.83. The first-order valence-corrected chi connectivity index (χ1v) is 7.42. The summed E-state index contributed by atoms with van der Waals surface area (Å²) in [5, 5.41) is 13.4. The smallest absolute Gasteiger partial charge is 0.292 e. The van der Waals surface area contributed by atoms with Gasteiger partial charge in [-0.1, -0.05) is 0 Å². The first kappa shape index (κ1) is 16.9. The Morgan fingerprint density at radius 3 is 2.57 bits per heavy atom. The first-order valence-electron chi connectivity index (χ1n) is 5.94. The number of rotatable bonds is 7. The van der Waals surface area contributed by atoms with E-state index in [2.05, 4.69) is 10.0 Å². The van der Waals surface area contributed by atoms with Gasteiger partial charge >= 0.3 is 0 Å². The van der Waals surface area contributed by atoms with E-state index in [0.29, 0.717) is 0 Å². The highest BCUT2D eigenvalue weighted by molar-refractivity contribution is 7.89. The van der Waals surface area contributed by atoms with Gasteiger partial charge in [0.2, 0.25) is 15.9 Å². The summed E-state index contributed by atoms with van der Waals surface area (Å²) in [7, 11) is -2.45. The first-order chi connectivity index (χ1) is 9.67. The molecule has 0 bridgehead atoms. The Bertz CT molecular complexity index is 659. The van der Waals surface area contributed by atoms with E-state index in [4.69, 9.17) is 5.73 Å². The Morgan fingerprint density at radius 2 is 2.10 bits per heavy atom. The summed E-state index contributed by atoms with van der Waals surface area (Å²) in [6, 6.07) is 2.69. The van der Waals surface area contributed by atoms with Crippen LogP contribution in [0.3, 0.4) is 0 Å². The summed E-state index contributed by atoms with van der Waals surface area (Å²) in [5.74, 6) is -0.634. The number of nitrogens with one attached hydrogen (secondary N) is 2. The van der Waals surface area contributed by atoms with Gasteiger partial charge in [-0.25, -0.2) is 13.1 Å². The maximum Gasteiger partial charge on any atom is 0.292 e. The van der Waals surface area contributed by atoms with Crippen LogP contribution < -0.4 is 15.8 Å². The van der Waals surface area contributed by atoms with Crippen LogP contribution in [0.2, 0.25) is 0 Å². The van der Waals surface area contributed by atoms with Crippen molar-refractivity contribution in [1.82, 2.24) is 4.72 Å². The second-order valence-corrected chi connectivity index (χ2v) is 6.09. The number of primary amides is 1. The molecule has 1 amide bonds. The number of carbonyl (C=O) groups is 1. The number of benzene rings is 1. The minimum Gasteiger partial charge on any atom is -0.383 e. The van der Waals surface area contributed by atoms with E-state index in [0.717, 1.165) is 18.2 Å². The van der Waals surface area contributed by atoms with Crippen LogP contribution in [0.4, 0.5) is 11.4 Å². The number of amides is 1. The van der Waals surface area contributed by atoms with Crippen LogP contribution in [0.1, 0.15) is 13.3 Å². The summed E-state index contributed by atoms with van der Waals surface area (Å²) in [6.45, 7) is 1.49. The second kappa shape index (κ2) is 6.50. The molecule has 4 N–H and O–H groups in total. The zero-order chi connectivity index (χ0) is 16.2. The number of sulfonamides is 1. The SMILES string of the molecule is CNc1cc(S(=O)(=O)NC(C)CC(N)=O)ccc1[N+](=O)[O-]. The van der Waals surface area contributed by atoms with E-state index in [1.807, 2.05) is 0 Å². The Morgan fingerprint density at radius 1 is 1.48 bits per heavy atom. The van der Waals surface area contributed by atoms with Crippen molar-refractivity contribution in [2.24, 2.45) is 5.73 Å². The fourth-order valence-corrected chi connectivity index (χ4v) is 2.99. The molecule has 0 heterocycles. The molecule has 0 saturated heterocycles. The molecule has 0 saturated carbocycles. The third-order valence-electron chi connectivity index (χ3n) is 2.61. The van der Waals surface area contributed by atoms with Crippen LogP contribution >= 0.6 is 0 Å². The lowest BCUT2D eigenvalue weighted by Gasteiger charge is -2.13. The molecule has 1 aromatic rings. The monoisotopic (exact) mass is 316 g/mol. The fraction of sp³-hybridized carbons (Fsp3) is 0.364. The molecule has 116 valence electrons. The molecule has 21 heavy (non-hydrogen) atoms. The van der Waals surface area contributed by atoms with E-state index >= 15 is 0 Å². The van der Waals surface area contributed by atoms with Crippen molar-refractivity contribution >= 4 is 27.3 Å². The summed E-state index contributed by atoms with van der Waals surface area (Å²) >= 11 is 0. The maximum absolute atomic E-state index is 12.1. The van der Waals surface area contributed by atoms with E-state index in [9.17, 15) is 23.3 Å². The number of anilines is 1. The van der Waals surface area contributed by atoms with Gasteiger partial charge in [0.1, 0.15) is 5.69 Å². The van der Waals surface area contributed by atoms with Crippen molar-refractivity contribution in [3.05, 3.63) is 28.3 Å². The largest absolute Gasteiger partial charge is 0.383 e. The summed E-state index contributed by atoms with van der Waals surface area (Å²) < 4.78 is 26.5. The molecule has 1 atom stereocenters. The summed E-state index contributed by atoms with van der Waals surface area (Å²) in [4.78, 5) is 20.8. The van der Waals surface area contributed by atoms with Crippen LogP contribution in [0.25, 0.3) is 0 Å². The molecule has 0 radical (unpaired) electrons. The number of nitro benzene ring substituents is 1. The van der Waals surface area contributed by atoms with Gasteiger partial charge in [0.25, 0.3) is 5.69 Å². The molecule has 0 spiro atoms. The molecule has 0 fully saturated rings. The zero-order valence-corrected chi connectivity index (χ0v) is 12.3. The van der Waals surface area contributed by atoms with Crippen molar-refractivity contribution in [3.63, 3.8) is 0 Å². The van der Waals surface area contributed by atoms with Crippen molar-refractivity contribution < 1.29 is 18.1 Å². The van der Waals surface area contributed by atoms with Gasteiger partial charge in [-0.05, 0) is 19.1 Å². The molecule has 1 unspecified atom stereocenters. The van der Waals surface area contributed by atoms with Crippen molar-refractivity contribution in [1.29, 1.82) is 0 Å². The lowest BCUT2D eigenvalue weighted by atomic mass is 10.2. The maximum atomic E-state index is 12.1. The fourth-order valence-electron chi connectivity index (χ4n) is 1.72. The molecular weight excluding hydrogens is 300 g/mol. The Balaban J connectivity index is 3.09. The van der Waals surface area contributed by atoms with Crippen molar-refractivity contribution in [3.8, 4) is 0 Å². The van der Waals surface area contributed by atoms with Gasteiger partial charge in [0.15, 0.2) is 0 Å². The van der Waals surface area contributed by atoms with Gasteiger partial charge in [-0.2, -0.15) is 0 Å². The van der Waals surface area contributed by atoms with Crippen LogP contribution in [-0.2, 0) is 14.8 Å². The van der Waals surface area contributed by atoms with Crippen LogP contribution in [-0.4, -0.2) is 32.3 Å². The highest BCUT2D eigenvalue weighted by Crippen LogP contribution is 2.26. The minimum atomic E-state index is -3.90. The number of nitro groups is 1. The predicted octanol–water partition coefficient (Wildman–Crippen LogP) is 0.179. The zero-order valence-electron chi connectivity index (χ0n) is 11.5. The standard InChI is InChI=1S/C11H16N4O5S/c1-7(5-11(12)16)14-21(19,20)8-3-4-10(15(17)18)9(6-8)13-2/h3-4,6-7,13-14H,5H2,1-2H3,(H2,12,16). The average Bonchev–Trinajstić information content (AvgIpc) is 2.35. The van der Waals surface area contributed by atoms with Gasteiger partial charge in [-0.15, -0.1) is 0 Å². The second-order valence-electron chi connectivity index (χ2n) is 4.38. The number of nitrogens with zero attached hydrogens (tertiary/aromatic N) is 1. The molecule has 0 aliphatic carbocycles. The van der Waals surface area contributed by atoms with E-state index in [1.54, 1.807) is 0 Å². The number of nitrogens with two attached hydrogens (primary N) is 1. The van der Waals surface area contributed by atoms with Gasteiger partial charge in [0, 0.05) is 25.6 Å². The third kappa shape index (κ3) is 4.39. The third-order valence-corrected chi connectivity index (χ3v) is 4.20. The Hall–Kier alpha value is -2.20.